The first-order valence-electron chi connectivity index (χ1n) is 13.0. The number of fused-ring (bicyclic) bond motifs is 1. The summed E-state index contributed by atoms with van der Waals surface area (Å²) >= 11 is 0. The minimum Gasteiger partial charge on any atom is -0.493 e. The summed E-state index contributed by atoms with van der Waals surface area (Å²) in [5, 5.41) is 6.19. The summed E-state index contributed by atoms with van der Waals surface area (Å²) in [7, 11) is 1.61. The van der Waals surface area contributed by atoms with E-state index in [9.17, 15) is 4.79 Å². The topological polar surface area (TPSA) is 88.6 Å². The van der Waals surface area contributed by atoms with Gasteiger partial charge in [-0.2, -0.15) is 0 Å². The average molecular weight is 514 g/mol. The number of hydrogen-bond acceptors (Lipinski definition) is 7. The molecule has 8 heteroatoms. The molecule has 0 aliphatic heterocycles. The zero-order valence-electron chi connectivity index (χ0n) is 22.2. The maximum Gasteiger partial charge on any atom is 0.255 e. The number of para-hydroxylation sites is 2. The highest BCUT2D eigenvalue weighted by atomic mass is 16.5. The Balaban J connectivity index is 1.37. The van der Waals surface area contributed by atoms with Gasteiger partial charge in [-0.1, -0.05) is 26.0 Å². The lowest BCUT2D eigenvalue weighted by Gasteiger charge is -2.21. The fourth-order valence-electron chi connectivity index (χ4n) is 4.19. The van der Waals surface area contributed by atoms with Gasteiger partial charge in [-0.05, 0) is 74.5 Å². The van der Waals surface area contributed by atoms with Gasteiger partial charge in [-0.25, -0.2) is 4.98 Å². The second kappa shape index (κ2) is 13.4. The van der Waals surface area contributed by atoms with Crippen LogP contribution in [0, 0.1) is 0 Å². The van der Waals surface area contributed by atoms with Gasteiger partial charge in [-0.15, -0.1) is 0 Å². The Morgan fingerprint density at radius 3 is 2.29 bits per heavy atom. The van der Waals surface area contributed by atoms with Gasteiger partial charge in [0.15, 0.2) is 11.5 Å². The number of benzene rings is 3. The Morgan fingerprint density at radius 2 is 1.58 bits per heavy atom. The molecule has 0 saturated heterocycles. The number of amides is 1. The third-order valence-electron chi connectivity index (χ3n) is 6.03. The van der Waals surface area contributed by atoms with Crippen molar-refractivity contribution in [3.8, 4) is 11.5 Å². The van der Waals surface area contributed by atoms with E-state index in [1.165, 1.54) is 0 Å². The molecule has 0 aliphatic carbocycles. The Labute approximate surface area is 224 Å². The number of aromatic nitrogens is 2. The second-order valence-corrected chi connectivity index (χ2v) is 8.96. The molecule has 1 amide bonds. The second-order valence-electron chi connectivity index (χ2n) is 8.96. The summed E-state index contributed by atoms with van der Waals surface area (Å²) in [5.74, 6) is 1.66. The van der Waals surface area contributed by atoms with Gasteiger partial charge in [-0.3, -0.25) is 14.7 Å². The van der Waals surface area contributed by atoms with Crippen LogP contribution in [0.1, 0.15) is 37.0 Å². The van der Waals surface area contributed by atoms with Crippen molar-refractivity contribution in [1.29, 1.82) is 0 Å². The molecule has 4 rings (SSSR count). The van der Waals surface area contributed by atoms with E-state index in [1.54, 1.807) is 43.6 Å². The van der Waals surface area contributed by atoms with Crippen LogP contribution in [0.15, 0.2) is 72.9 Å². The number of nitrogens with zero attached hydrogens (tertiary/aromatic N) is 3. The molecule has 3 aromatic carbocycles. The van der Waals surface area contributed by atoms with Gasteiger partial charge < -0.3 is 20.1 Å². The van der Waals surface area contributed by atoms with Crippen LogP contribution >= 0.6 is 0 Å². The van der Waals surface area contributed by atoms with Crippen LogP contribution < -0.4 is 20.1 Å². The molecule has 0 unspecified atom stereocenters. The quantitative estimate of drug-likeness (QED) is 0.222. The normalized spacial score (nSPS) is 10.9. The highest BCUT2D eigenvalue weighted by Gasteiger charge is 2.11. The first-order chi connectivity index (χ1) is 18.6. The summed E-state index contributed by atoms with van der Waals surface area (Å²) in [6, 6.07) is 20.3. The monoisotopic (exact) mass is 513 g/mol. The molecule has 0 radical (unpaired) electrons. The molecule has 0 fully saturated rings. The van der Waals surface area contributed by atoms with E-state index in [-0.39, 0.29) is 5.91 Å². The number of hydrogen-bond donors (Lipinski definition) is 2. The van der Waals surface area contributed by atoms with Gasteiger partial charge >= 0.3 is 0 Å². The third-order valence-corrected chi connectivity index (χ3v) is 6.03. The molecule has 0 atom stereocenters. The molecule has 2 N–H and O–H groups in total. The lowest BCUT2D eigenvalue weighted by molar-refractivity contribution is 0.102. The van der Waals surface area contributed by atoms with Crippen molar-refractivity contribution < 1.29 is 14.3 Å². The van der Waals surface area contributed by atoms with Gasteiger partial charge in [0.1, 0.15) is 12.4 Å². The zero-order chi connectivity index (χ0) is 26.7. The van der Waals surface area contributed by atoms with E-state index in [2.05, 4.69) is 39.3 Å². The summed E-state index contributed by atoms with van der Waals surface area (Å²) < 4.78 is 11.5. The largest absolute Gasteiger partial charge is 0.493 e. The lowest BCUT2D eigenvalue weighted by Crippen LogP contribution is -2.30. The van der Waals surface area contributed by atoms with Crippen molar-refractivity contribution in [2.45, 2.75) is 26.7 Å². The highest BCUT2D eigenvalue weighted by Crippen LogP contribution is 2.30. The van der Waals surface area contributed by atoms with Gasteiger partial charge in [0.25, 0.3) is 5.91 Å². The van der Waals surface area contributed by atoms with Crippen molar-refractivity contribution in [3.63, 3.8) is 0 Å². The van der Waals surface area contributed by atoms with Crippen molar-refractivity contribution in [1.82, 2.24) is 14.9 Å². The van der Waals surface area contributed by atoms with Gasteiger partial charge in [0, 0.05) is 29.5 Å². The van der Waals surface area contributed by atoms with E-state index in [0.717, 1.165) is 49.2 Å². The minimum atomic E-state index is -0.213. The molecule has 0 bridgehead atoms. The number of methoxy groups -OCH3 is 1. The SMILES string of the molecule is CCCN(CCC)CCOc1cc(NC(=O)c2ccc(Nc3cnc4ccccc4n3)cc2)ccc1OC. The predicted octanol–water partition coefficient (Wildman–Crippen LogP) is 6.14. The van der Waals surface area contributed by atoms with Crippen molar-refractivity contribution >= 4 is 34.1 Å². The first-order valence-corrected chi connectivity index (χ1v) is 13.0. The van der Waals surface area contributed by atoms with E-state index >= 15 is 0 Å². The predicted molar refractivity (Wildman–Crippen MR) is 153 cm³/mol. The maximum absolute atomic E-state index is 12.9. The van der Waals surface area contributed by atoms with Crippen LogP contribution in [-0.4, -0.2) is 54.1 Å². The van der Waals surface area contributed by atoms with Crippen molar-refractivity contribution in [2.75, 3.05) is 44.0 Å². The highest BCUT2D eigenvalue weighted by molar-refractivity contribution is 6.04. The van der Waals surface area contributed by atoms with Crippen molar-refractivity contribution in [2.24, 2.45) is 0 Å². The molecule has 8 nitrogen and oxygen atoms in total. The maximum atomic E-state index is 12.9. The molecule has 4 aromatic rings. The summed E-state index contributed by atoms with van der Waals surface area (Å²) in [4.78, 5) is 24.3. The summed E-state index contributed by atoms with van der Waals surface area (Å²) in [6.45, 7) is 7.85. The third kappa shape index (κ3) is 7.20. The van der Waals surface area contributed by atoms with Crippen LogP contribution in [-0.2, 0) is 0 Å². The Kier molecular flexibility index (Phi) is 9.48. The number of carbonyl (C=O) groups is 1. The molecule has 0 saturated carbocycles. The molecule has 38 heavy (non-hydrogen) atoms. The van der Waals surface area contributed by atoms with Crippen LogP contribution in [0.5, 0.6) is 11.5 Å². The summed E-state index contributed by atoms with van der Waals surface area (Å²) in [6.07, 6.45) is 3.91. The average Bonchev–Trinajstić information content (AvgIpc) is 2.94. The molecular formula is C30H35N5O3. The number of rotatable bonds is 13. The van der Waals surface area contributed by atoms with Gasteiger partial charge in [0.05, 0.1) is 24.3 Å². The molecule has 0 aliphatic rings. The molecular weight excluding hydrogens is 478 g/mol. The Morgan fingerprint density at radius 1 is 0.868 bits per heavy atom. The van der Waals surface area contributed by atoms with Crippen LogP contribution in [0.2, 0.25) is 0 Å². The molecule has 1 aromatic heterocycles. The van der Waals surface area contributed by atoms with Crippen LogP contribution in [0.4, 0.5) is 17.2 Å². The van der Waals surface area contributed by atoms with Crippen LogP contribution in [0.3, 0.4) is 0 Å². The number of ether oxygens (including phenoxy) is 2. The summed E-state index contributed by atoms with van der Waals surface area (Å²) in [5.41, 5.74) is 3.64. The number of carbonyl (C=O) groups excluding carboxylic acids is 1. The fraction of sp³-hybridized carbons (Fsp3) is 0.300. The first kappa shape index (κ1) is 26.9. The van der Waals surface area contributed by atoms with E-state index in [0.29, 0.717) is 35.2 Å². The number of anilines is 3. The van der Waals surface area contributed by atoms with Gasteiger partial charge in [0.2, 0.25) is 0 Å². The van der Waals surface area contributed by atoms with Crippen LogP contribution in [0.25, 0.3) is 11.0 Å². The smallest absolute Gasteiger partial charge is 0.255 e. The van der Waals surface area contributed by atoms with Crippen molar-refractivity contribution in [3.05, 3.63) is 78.5 Å². The van der Waals surface area contributed by atoms with E-state index < -0.39 is 0 Å². The zero-order valence-corrected chi connectivity index (χ0v) is 22.2. The minimum absolute atomic E-state index is 0.213. The van der Waals surface area contributed by atoms with E-state index in [1.807, 2.05) is 36.4 Å². The Hall–Kier alpha value is -4.17. The molecule has 0 spiro atoms. The standard InChI is InChI=1S/C30H35N5O3/c1-4-16-35(17-5-2)18-19-38-28-20-24(14-15-27(28)37-3)33-30(36)22-10-12-23(13-11-22)32-29-21-31-25-8-6-7-9-26(25)34-29/h6-15,20-21H,4-5,16-19H2,1-3H3,(H,32,34)(H,33,36). The lowest BCUT2D eigenvalue weighted by atomic mass is 10.2. The van der Waals surface area contributed by atoms with E-state index in [4.69, 9.17) is 9.47 Å². The molecule has 1 heterocycles. The number of nitrogens with one attached hydrogen (secondary N) is 2. The fourth-order valence-corrected chi connectivity index (χ4v) is 4.19. The molecule has 198 valence electrons. The Bertz CT molecular complexity index is 1340.